The number of unbranched alkanes of at least 4 members (excludes halogenated alkanes) is 5. The Bertz CT molecular complexity index is 140. The fraction of sp³-hybridized carbons (Fsp3) is 0.889. The molecule has 0 atom stereocenters. The van der Waals surface area contributed by atoms with E-state index < -0.39 is 0 Å². The van der Waals surface area contributed by atoms with E-state index in [1.807, 2.05) is 0 Å². The van der Waals surface area contributed by atoms with Gasteiger partial charge in [0.2, 0.25) is 0 Å². The monoisotopic (exact) mass is 205 g/mol. The standard InChI is InChI=1S/C9H19NO2S/c1-2-3-4-5-6-7-8-9(11)10(12)13/h12-13H,2-8H2,1H3. The van der Waals surface area contributed by atoms with Gasteiger partial charge in [-0.15, -0.1) is 0 Å². The predicted octanol–water partition coefficient (Wildman–Crippen LogP) is 2.80. The zero-order valence-electron chi connectivity index (χ0n) is 8.20. The summed E-state index contributed by atoms with van der Waals surface area (Å²) in [5.41, 5.74) is 0. The van der Waals surface area contributed by atoms with Gasteiger partial charge in [0.05, 0.1) is 0 Å². The van der Waals surface area contributed by atoms with E-state index >= 15 is 0 Å². The Morgan fingerprint density at radius 1 is 1.23 bits per heavy atom. The van der Waals surface area contributed by atoms with Gasteiger partial charge in [-0.1, -0.05) is 39.0 Å². The van der Waals surface area contributed by atoms with Gasteiger partial charge in [0.1, 0.15) is 0 Å². The maximum Gasteiger partial charge on any atom is 0.256 e. The minimum absolute atomic E-state index is 0.321. The van der Waals surface area contributed by atoms with Gasteiger partial charge in [0, 0.05) is 6.42 Å². The summed E-state index contributed by atoms with van der Waals surface area (Å²) in [5.74, 6) is -0.321. The molecule has 0 aromatic carbocycles. The highest BCUT2D eigenvalue weighted by Crippen LogP contribution is 2.08. The number of hydrogen-bond donors (Lipinski definition) is 2. The smallest absolute Gasteiger partial charge is 0.256 e. The lowest BCUT2D eigenvalue weighted by Gasteiger charge is -2.05. The first-order valence-electron chi connectivity index (χ1n) is 4.89. The van der Waals surface area contributed by atoms with Crippen molar-refractivity contribution in [2.45, 2.75) is 51.9 Å². The number of thiol groups is 1. The van der Waals surface area contributed by atoms with Crippen molar-refractivity contribution < 1.29 is 10.0 Å². The lowest BCUT2D eigenvalue weighted by Crippen LogP contribution is -2.16. The van der Waals surface area contributed by atoms with E-state index in [4.69, 9.17) is 5.21 Å². The fourth-order valence-electron chi connectivity index (χ4n) is 1.16. The van der Waals surface area contributed by atoms with Crippen molar-refractivity contribution in [1.82, 2.24) is 4.47 Å². The molecule has 0 aliphatic rings. The number of carbonyl (C=O) groups excluding carboxylic acids is 1. The molecule has 0 saturated heterocycles. The molecule has 1 amide bonds. The van der Waals surface area contributed by atoms with Crippen LogP contribution in [0.15, 0.2) is 0 Å². The van der Waals surface area contributed by atoms with Crippen LogP contribution in [0.2, 0.25) is 0 Å². The number of hydrogen-bond acceptors (Lipinski definition) is 3. The van der Waals surface area contributed by atoms with Crippen molar-refractivity contribution in [3.8, 4) is 0 Å². The Hall–Kier alpha value is -0.220. The number of nitrogens with zero attached hydrogens (tertiary/aromatic N) is 1. The Morgan fingerprint density at radius 2 is 1.77 bits per heavy atom. The lowest BCUT2D eigenvalue weighted by molar-refractivity contribution is -0.144. The van der Waals surface area contributed by atoms with E-state index in [-0.39, 0.29) is 5.91 Å². The summed E-state index contributed by atoms with van der Waals surface area (Å²) < 4.78 is 0.367. The van der Waals surface area contributed by atoms with E-state index in [1.54, 1.807) is 0 Å². The first-order valence-corrected chi connectivity index (χ1v) is 5.29. The second-order valence-electron chi connectivity index (χ2n) is 3.20. The normalized spacial score (nSPS) is 10.1. The Balaban J connectivity index is 3.12. The predicted molar refractivity (Wildman–Crippen MR) is 55.6 cm³/mol. The second kappa shape index (κ2) is 8.38. The molecule has 0 fully saturated rings. The van der Waals surface area contributed by atoms with Crippen molar-refractivity contribution >= 4 is 18.7 Å². The maximum absolute atomic E-state index is 10.8. The van der Waals surface area contributed by atoms with Crippen molar-refractivity contribution in [2.75, 3.05) is 0 Å². The summed E-state index contributed by atoms with van der Waals surface area (Å²) in [6.07, 6.45) is 7.24. The topological polar surface area (TPSA) is 40.5 Å². The summed E-state index contributed by atoms with van der Waals surface area (Å²) in [4.78, 5) is 10.8. The molecule has 13 heavy (non-hydrogen) atoms. The van der Waals surface area contributed by atoms with Gasteiger partial charge < -0.3 is 0 Å². The van der Waals surface area contributed by atoms with Crippen molar-refractivity contribution in [1.29, 1.82) is 0 Å². The molecule has 0 aromatic rings. The van der Waals surface area contributed by atoms with Crippen LogP contribution in [0.3, 0.4) is 0 Å². The average Bonchev–Trinajstić information content (AvgIpc) is 2.10. The fourth-order valence-corrected chi connectivity index (χ4v) is 1.26. The summed E-state index contributed by atoms with van der Waals surface area (Å²) >= 11 is 3.49. The molecule has 0 unspecified atom stereocenters. The summed E-state index contributed by atoms with van der Waals surface area (Å²) in [5, 5.41) is 8.61. The second-order valence-corrected chi connectivity index (χ2v) is 3.58. The van der Waals surface area contributed by atoms with Crippen LogP contribution in [0.1, 0.15) is 51.9 Å². The van der Waals surface area contributed by atoms with Gasteiger partial charge in [0.25, 0.3) is 5.91 Å². The third-order valence-electron chi connectivity index (χ3n) is 1.97. The van der Waals surface area contributed by atoms with Crippen LogP contribution in [0.4, 0.5) is 0 Å². The molecule has 1 N–H and O–H groups in total. The molecule has 0 aliphatic carbocycles. The lowest BCUT2D eigenvalue weighted by atomic mass is 10.1. The van der Waals surface area contributed by atoms with Crippen LogP contribution in [-0.2, 0) is 4.79 Å². The summed E-state index contributed by atoms with van der Waals surface area (Å²) in [6, 6.07) is 0. The molecule has 0 saturated carbocycles. The number of rotatable bonds is 7. The van der Waals surface area contributed by atoms with E-state index in [2.05, 4.69) is 19.7 Å². The third kappa shape index (κ3) is 8.12. The minimum Gasteiger partial charge on any atom is -0.275 e. The van der Waals surface area contributed by atoms with Gasteiger partial charge in [-0.2, -0.15) is 4.47 Å². The molecular weight excluding hydrogens is 186 g/mol. The largest absolute Gasteiger partial charge is 0.275 e. The molecule has 0 heterocycles. The molecule has 0 aliphatic heterocycles. The summed E-state index contributed by atoms with van der Waals surface area (Å²) in [6.45, 7) is 2.17. The van der Waals surface area contributed by atoms with Gasteiger partial charge in [-0.3, -0.25) is 10.0 Å². The molecular formula is C9H19NO2S. The Kier molecular flexibility index (Phi) is 8.24. The zero-order chi connectivity index (χ0) is 10.1. The van der Waals surface area contributed by atoms with Crippen LogP contribution in [0.25, 0.3) is 0 Å². The molecule has 0 bridgehead atoms. The molecule has 4 heteroatoms. The summed E-state index contributed by atoms with van der Waals surface area (Å²) in [7, 11) is 0. The van der Waals surface area contributed by atoms with Crippen LogP contribution < -0.4 is 0 Å². The molecule has 0 rings (SSSR count). The van der Waals surface area contributed by atoms with Crippen molar-refractivity contribution in [3.05, 3.63) is 0 Å². The molecule has 0 spiro atoms. The van der Waals surface area contributed by atoms with Gasteiger partial charge in [-0.05, 0) is 19.2 Å². The quantitative estimate of drug-likeness (QED) is 0.290. The van der Waals surface area contributed by atoms with Crippen LogP contribution in [0.5, 0.6) is 0 Å². The van der Waals surface area contributed by atoms with Gasteiger partial charge >= 0.3 is 0 Å². The first-order chi connectivity index (χ1) is 6.18. The van der Waals surface area contributed by atoms with Crippen LogP contribution in [0, 0.1) is 0 Å². The first kappa shape index (κ1) is 12.8. The molecule has 78 valence electrons. The Morgan fingerprint density at radius 3 is 2.31 bits per heavy atom. The average molecular weight is 205 g/mol. The highest BCUT2D eigenvalue weighted by molar-refractivity contribution is 7.78. The van der Waals surface area contributed by atoms with Gasteiger partial charge in [0.15, 0.2) is 0 Å². The van der Waals surface area contributed by atoms with Gasteiger partial charge in [-0.25, -0.2) is 0 Å². The SMILES string of the molecule is CCCCCCCCC(=O)N(O)S. The minimum atomic E-state index is -0.321. The number of hydroxylamine groups is 1. The van der Waals surface area contributed by atoms with E-state index in [0.29, 0.717) is 10.9 Å². The van der Waals surface area contributed by atoms with Crippen molar-refractivity contribution in [2.24, 2.45) is 0 Å². The highest BCUT2D eigenvalue weighted by Gasteiger charge is 2.04. The number of carbonyl (C=O) groups is 1. The van der Waals surface area contributed by atoms with Crippen molar-refractivity contribution in [3.63, 3.8) is 0 Å². The Labute approximate surface area is 85.6 Å². The highest BCUT2D eigenvalue weighted by atomic mass is 32.1. The van der Waals surface area contributed by atoms with E-state index in [9.17, 15) is 4.79 Å². The van der Waals surface area contributed by atoms with E-state index in [0.717, 1.165) is 12.8 Å². The maximum atomic E-state index is 10.8. The van der Waals surface area contributed by atoms with Crippen LogP contribution >= 0.6 is 12.8 Å². The number of amides is 1. The molecule has 3 nitrogen and oxygen atoms in total. The zero-order valence-corrected chi connectivity index (χ0v) is 9.09. The van der Waals surface area contributed by atoms with Crippen LogP contribution in [-0.4, -0.2) is 15.6 Å². The molecule has 0 radical (unpaired) electrons. The molecule has 0 aromatic heterocycles. The third-order valence-corrected chi connectivity index (χ3v) is 2.19. The van der Waals surface area contributed by atoms with E-state index in [1.165, 1.54) is 25.7 Å².